The number of likely N-dealkylation sites (N-methyl/N-ethyl adjacent to an activating group) is 1. The Morgan fingerprint density at radius 1 is 1.20 bits per heavy atom. The molecule has 0 radical (unpaired) electrons. The number of piperazine rings is 1. The Morgan fingerprint density at radius 2 is 1.85 bits per heavy atom. The lowest BCUT2D eigenvalue weighted by Crippen LogP contribution is -2.47. The number of amides is 1. The molecule has 1 aromatic carbocycles. The first-order chi connectivity index (χ1) is 9.06. The van der Waals surface area contributed by atoms with E-state index < -0.39 is 0 Å². The van der Waals surface area contributed by atoms with Crippen LogP contribution in [0.1, 0.15) is 11.1 Å². The van der Waals surface area contributed by atoms with Crippen LogP contribution < -0.4 is 5.32 Å². The van der Waals surface area contributed by atoms with Crippen molar-refractivity contribution in [1.82, 2.24) is 9.80 Å². The predicted molar refractivity (Wildman–Crippen MR) is 85.7 cm³/mol. The molecule has 0 unspecified atom stereocenters. The normalized spacial score (nSPS) is 16.6. The lowest BCUT2D eigenvalue weighted by atomic mass is 10.1. The Labute approximate surface area is 127 Å². The Kier molecular flexibility index (Phi) is 6.46. The van der Waals surface area contributed by atoms with Gasteiger partial charge in [-0.15, -0.1) is 12.4 Å². The number of carbonyl (C=O) groups excluding carboxylic acids is 1. The Balaban J connectivity index is 0.00000200. The minimum Gasteiger partial charge on any atom is -0.325 e. The third kappa shape index (κ3) is 4.47. The molecule has 4 nitrogen and oxygen atoms in total. The van der Waals surface area contributed by atoms with Crippen LogP contribution in [0.3, 0.4) is 0 Å². The highest BCUT2D eigenvalue weighted by atomic mass is 35.5. The fourth-order valence-corrected chi connectivity index (χ4v) is 2.29. The van der Waals surface area contributed by atoms with Crippen molar-refractivity contribution in [2.45, 2.75) is 13.8 Å². The van der Waals surface area contributed by atoms with Crippen LogP contribution >= 0.6 is 12.4 Å². The molecule has 0 atom stereocenters. The van der Waals surface area contributed by atoms with Crippen LogP contribution in [-0.4, -0.2) is 55.5 Å². The Hall–Kier alpha value is -1.10. The molecule has 1 heterocycles. The van der Waals surface area contributed by atoms with Crippen molar-refractivity contribution in [3.05, 3.63) is 29.3 Å². The molecule has 0 bridgehead atoms. The fourth-order valence-electron chi connectivity index (χ4n) is 2.29. The molecular formula is C15H24ClN3O. The molecule has 1 aliphatic heterocycles. The maximum Gasteiger partial charge on any atom is 0.238 e. The highest BCUT2D eigenvalue weighted by Crippen LogP contribution is 2.17. The number of nitrogens with zero attached hydrogens (tertiary/aromatic N) is 2. The number of benzene rings is 1. The highest BCUT2D eigenvalue weighted by Gasteiger charge is 2.16. The second-order valence-corrected chi connectivity index (χ2v) is 5.38. The summed E-state index contributed by atoms with van der Waals surface area (Å²) in [4.78, 5) is 16.6. The van der Waals surface area contributed by atoms with Crippen LogP contribution in [0.2, 0.25) is 0 Å². The topological polar surface area (TPSA) is 35.6 Å². The summed E-state index contributed by atoms with van der Waals surface area (Å²) >= 11 is 0. The molecular weight excluding hydrogens is 274 g/mol. The molecule has 1 aromatic rings. The van der Waals surface area contributed by atoms with Gasteiger partial charge in [0.1, 0.15) is 0 Å². The molecule has 1 fully saturated rings. The Bertz CT molecular complexity index is 456. The summed E-state index contributed by atoms with van der Waals surface area (Å²) < 4.78 is 0. The summed E-state index contributed by atoms with van der Waals surface area (Å²) in [5.74, 6) is 0.0817. The van der Waals surface area contributed by atoms with Gasteiger partial charge in [0.25, 0.3) is 0 Å². The van der Waals surface area contributed by atoms with Gasteiger partial charge in [-0.25, -0.2) is 0 Å². The minimum absolute atomic E-state index is 0. The number of hydrogen-bond donors (Lipinski definition) is 1. The van der Waals surface area contributed by atoms with E-state index in [9.17, 15) is 4.79 Å². The van der Waals surface area contributed by atoms with E-state index in [1.807, 2.05) is 19.1 Å². The lowest BCUT2D eigenvalue weighted by Gasteiger charge is -2.31. The van der Waals surface area contributed by atoms with E-state index in [0.717, 1.165) is 37.4 Å². The van der Waals surface area contributed by atoms with E-state index in [-0.39, 0.29) is 18.3 Å². The third-order valence-electron chi connectivity index (χ3n) is 3.84. The standard InChI is InChI=1S/C15H23N3O.ClH/c1-12-5-4-6-14(13(12)2)16-15(19)11-18-9-7-17(3)8-10-18;/h4-6H,7-11H2,1-3H3,(H,16,19);1H. The van der Waals surface area contributed by atoms with Crippen LogP contribution in [0.5, 0.6) is 0 Å². The summed E-state index contributed by atoms with van der Waals surface area (Å²) in [5.41, 5.74) is 3.28. The van der Waals surface area contributed by atoms with E-state index in [1.165, 1.54) is 5.56 Å². The number of aryl methyl sites for hydroxylation is 1. The maximum atomic E-state index is 12.1. The summed E-state index contributed by atoms with van der Waals surface area (Å²) in [5, 5.41) is 3.02. The van der Waals surface area contributed by atoms with Gasteiger partial charge < -0.3 is 10.2 Å². The van der Waals surface area contributed by atoms with Gasteiger partial charge in [-0.05, 0) is 38.1 Å². The molecule has 5 heteroatoms. The minimum atomic E-state index is 0. The first kappa shape index (κ1) is 17.0. The number of halogens is 1. The summed E-state index contributed by atoms with van der Waals surface area (Å²) in [7, 11) is 2.12. The Morgan fingerprint density at radius 3 is 2.50 bits per heavy atom. The molecule has 2 rings (SSSR count). The van der Waals surface area contributed by atoms with Crippen molar-refractivity contribution in [2.24, 2.45) is 0 Å². The lowest BCUT2D eigenvalue weighted by molar-refractivity contribution is -0.117. The average Bonchev–Trinajstić information content (AvgIpc) is 2.38. The number of nitrogens with one attached hydrogen (secondary N) is 1. The number of anilines is 1. The zero-order valence-electron chi connectivity index (χ0n) is 12.5. The summed E-state index contributed by atoms with van der Waals surface area (Å²) in [6.45, 7) is 8.61. The largest absolute Gasteiger partial charge is 0.325 e. The van der Waals surface area contributed by atoms with Crippen LogP contribution in [0.4, 0.5) is 5.69 Å². The molecule has 0 aliphatic carbocycles. The third-order valence-corrected chi connectivity index (χ3v) is 3.84. The molecule has 20 heavy (non-hydrogen) atoms. The van der Waals surface area contributed by atoms with Crippen LogP contribution in [0, 0.1) is 13.8 Å². The van der Waals surface area contributed by atoms with Crippen molar-refractivity contribution in [3.63, 3.8) is 0 Å². The van der Waals surface area contributed by atoms with Crippen molar-refractivity contribution in [2.75, 3.05) is 45.1 Å². The van der Waals surface area contributed by atoms with Gasteiger partial charge in [-0.2, -0.15) is 0 Å². The van der Waals surface area contributed by atoms with E-state index >= 15 is 0 Å². The van der Waals surface area contributed by atoms with Gasteiger partial charge >= 0.3 is 0 Å². The fraction of sp³-hybridized carbons (Fsp3) is 0.533. The van der Waals surface area contributed by atoms with Gasteiger partial charge in [-0.1, -0.05) is 12.1 Å². The van der Waals surface area contributed by atoms with Crippen molar-refractivity contribution >= 4 is 24.0 Å². The highest BCUT2D eigenvalue weighted by molar-refractivity contribution is 5.93. The molecule has 1 amide bonds. The van der Waals surface area contributed by atoms with Crippen molar-refractivity contribution in [3.8, 4) is 0 Å². The zero-order valence-corrected chi connectivity index (χ0v) is 13.3. The molecule has 1 aliphatic rings. The van der Waals surface area contributed by atoms with Gasteiger partial charge in [0, 0.05) is 31.9 Å². The van der Waals surface area contributed by atoms with Crippen molar-refractivity contribution < 1.29 is 4.79 Å². The van der Waals surface area contributed by atoms with Gasteiger partial charge in [0.2, 0.25) is 5.91 Å². The van der Waals surface area contributed by atoms with E-state index in [0.29, 0.717) is 6.54 Å². The summed E-state index contributed by atoms with van der Waals surface area (Å²) in [6, 6.07) is 6.00. The zero-order chi connectivity index (χ0) is 13.8. The average molecular weight is 298 g/mol. The van der Waals surface area contributed by atoms with Gasteiger partial charge in [0.05, 0.1) is 6.54 Å². The molecule has 0 saturated carbocycles. The quantitative estimate of drug-likeness (QED) is 0.926. The van der Waals surface area contributed by atoms with Gasteiger partial charge in [0.15, 0.2) is 0 Å². The van der Waals surface area contributed by atoms with Crippen molar-refractivity contribution in [1.29, 1.82) is 0 Å². The van der Waals surface area contributed by atoms with E-state index in [4.69, 9.17) is 0 Å². The SMILES string of the molecule is Cc1cccc(NC(=O)CN2CCN(C)CC2)c1C.Cl. The van der Waals surface area contributed by atoms with E-state index in [1.54, 1.807) is 0 Å². The first-order valence-corrected chi connectivity index (χ1v) is 6.83. The molecule has 0 aromatic heterocycles. The molecule has 1 N–H and O–H groups in total. The second kappa shape index (κ2) is 7.62. The van der Waals surface area contributed by atoms with Crippen LogP contribution in [-0.2, 0) is 4.79 Å². The van der Waals surface area contributed by atoms with Crippen LogP contribution in [0.15, 0.2) is 18.2 Å². The second-order valence-electron chi connectivity index (χ2n) is 5.38. The number of rotatable bonds is 3. The smallest absolute Gasteiger partial charge is 0.238 e. The summed E-state index contributed by atoms with van der Waals surface area (Å²) in [6.07, 6.45) is 0. The molecule has 0 spiro atoms. The van der Waals surface area contributed by atoms with Gasteiger partial charge in [-0.3, -0.25) is 9.69 Å². The van der Waals surface area contributed by atoms with Crippen LogP contribution in [0.25, 0.3) is 0 Å². The van der Waals surface area contributed by atoms with E-state index in [2.05, 4.69) is 35.2 Å². The monoisotopic (exact) mass is 297 g/mol. The number of carbonyl (C=O) groups is 1. The first-order valence-electron chi connectivity index (χ1n) is 6.83. The number of hydrogen-bond acceptors (Lipinski definition) is 3. The maximum absolute atomic E-state index is 12.1. The molecule has 1 saturated heterocycles. The molecule has 112 valence electrons. The predicted octanol–water partition coefficient (Wildman–Crippen LogP) is 1.91.